The van der Waals surface area contributed by atoms with Crippen LogP contribution in [0.1, 0.15) is 29.1 Å². The molecule has 2 aromatic heterocycles. The summed E-state index contributed by atoms with van der Waals surface area (Å²) in [5.41, 5.74) is 3.84. The van der Waals surface area contributed by atoms with Gasteiger partial charge in [0.2, 0.25) is 0 Å². The van der Waals surface area contributed by atoms with Gasteiger partial charge in [0.05, 0.1) is 0 Å². The zero-order valence-electron chi connectivity index (χ0n) is 27.1. The fraction of sp³-hybridized carbons (Fsp3) is 0.211. The van der Waals surface area contributed by atoms with Gasteiger partial charge in [0.15, 0.2) is 0 Å². The maximum absolute atomic E-state index is 8.53. The number of benzene rings is 4. The molecule has 42 heavy (non-hydrogen) atoms. The van der Waals surface area contributed by atoms with E-state index in [2.05, 4.69) is 87.9 Å². The summed E-state index contributed by atoms with van der Waals surface area (Å²) in [7, 11) is 0. The maximum atomic E-state index is 8.53. The molecule has 2 nitrogen and oxygen atoms in total. The Labute approximate surface area is 270 Å². The quantitative estimate of drug-likeness (QED) is 0.101. The molecule has 1 radical (unpaired) electrons. The van der Waals surface area contributed by atoms with Gasteiger partial charge < -0.3 is 4.98 Å². The van der Waals surface area contributed by atoms with Crippen molar-refractivity contribution >= 4 is 39.2 Å². The van der Waals surface area contributed by atoms with Crippen LogP contribution in [0.2, 0.25) is 17.3 Å². The molecule has 4 aromatic carbocycles. The second-order valence-corrected chi connectivity index (χ2v) is 23.1. The molecule has 0 unspecified atom stereocenters. The van der Waals surface area contributed by atoms with Gasteiger partial charge in [-0.25, -0.2) is 0 Å². The number of hydrogen-bond donors (Lipinski definition) is 0. The second kappa shape index (κ2) is 13.5. The van der Waals surface area contributed by atoms with Gasteiger partial charge in [-0.1, -0.05) is 79.6 Å². The average molecular weight is 790 g/mol. The van der Waals surface area contributed by atoms with Crippen molar-refractivity contribution in [2.75, 3.05) is 0 Å². The normalized spacial score (nSPS) is 12.5. The van der Waals surface area contributed by atoms with Crippen molar-refractivity contribution < 1.29 is 22.8 Å². The molecule has 0 atom stereocenters. The average Bonchev–Trinajstić information content (AvgIpc) is 3.00. The van der Waals surface area contributed by atoms with Crippen LogP contribution in [0.4, 0.5) is 0 Å². The first-order chi connectivity index (χ1) is 20.3. The molecular weight excluding hydrogens is 749 g/mol. The van der Waals surface area contributed by atoms with E-state index in [0.717, 1.165) is 33.3 Å². The van der Waals surface area contributed by atoms with Crippen molar-refractivity contribution in [3.05, 3.63) is 127 Å². The van der Waals surface area contributed by atoms with Gasteiger partial charge in [0.25, 0.3) is 0 Å². The maximum Gasteiger partial charge on any atom is 0 e. The van der Waals surface area contributed by atoms with E-state index in [0.29, 0.717) is 5.56 Å². The number of fused-ring (bicyclic) bond motifs is 3. The van der Waals surface area contributed by atoms with Gasteiger partial charge in [-0.05, 0) is 28.9 Å². The molecule has 0 spiro atoms. The summed E-state index contributed by atoms with van der Waals surface area (Å²) in [6.07, 6.45) is 2.28. The molecule has 215 valence electrons. The number of pyridine rings is 2. The Morgan fingerprint density at radius 3 is 2.19 bits per heavy atom. The molecule has 6 aromatic rings. The topological polar surface area (TPSA) is 25.8 Å². The van der Waals surface area contributed by atoms with E-state index in [-0.39, 0.29) is 20.1 Å². The monoisotopic (exact) mass is 791 g/mol. The van der Waals surface area contributed by atoms with Crippen LogP contribution in [-0.2, 0) is 26.5 Å². The van der Waals surface area contributed by atoms with E-state index in [1.54, 1.807) is 12.3 Å². The molecule has 0 bridgehead atoms. The van der Waals surface area contributed by atoms with Gasteiger partial charge in [0, 0.05) is 29.0 Å². The first-order valence-electron chi connectivity index (χ1n) is 15.1. The molecule has 0 aliphatic rings. The van der Waals surface area contributed by atoms with Crippen LogP contribution in [0.5, 0.6) is 0 Å². The van der Waals surface area contributed by atoms with Crippen LogP contribution in [0.3, 0.4) is 0 Å². The first-order valence-corrected chi connectivity index (χ1v) is 21.4. The van der Waals surface area contributed by atoms with Crippen LogP contribution in [0, 0.1) is 17.5 Å². The Morgan fingerprint density at radius 1 is 0.738 bits per heavy atom. The van der Waals surface area contributed by atoms with Crippen LogP contribution < -0.4 is 4.40 Å². The Hall–Kier alpha value is -3.11. The standard InChI is InChI=1S/C24H22N.C14H16GeN.Ir/c1-24(2,3)16-17-12-13-25-23(14-17)20-10-11-22-19(15-20)9-8-18-6-4-5-7-21(18)22;1-15(2,3)13-9-10-14(16-11-13)12-7-5-4-6-8-12;/h4-9,11-15H,16H2,1-3H3;4-7,9-11H,1-3H3;/q2*-1;/i16D2;;. The van der Waals surface area contributed by atoms with Crippen molar-refractivity contribution in [3.8, 4) is 22.5 Å². The van der Waals surface area contributed by atoms with E-state index >= 15 is 0 Å². The summed E-state index contributed by atoms with van der Waals surface area (Å²) < 4.78 is 18.5. The number of rotatable bonds is 4. The Kier molecular flexibility index (Phi) is 9.29. The molecule has 0 N–H and O–H groups in total. The molecule has 0 amide bonds. The molecule has 2 heterocycles. The Balaban J connectivity index is 0.000000223. The Morgan fingerprint density at radius 2 is 1.50 bits per heavy atom. The van der Waals surface area contributed by atoms with Gasteiger partial charge in [-0.3, -0.25) is 0 Å². The van der Waals surface area contributed by atoms with E-state index in [4.69, 9.17) is 2.74 Å². The zero-order valence-corrected chi connectivity index (χ0v) is 29.6. The molecule has 0 saturated carbocycles. The third kappa shape index (κ3) is 8.04. The van der Waals surface area contributed by atoms with Crippen molar-refractivity contribution in [1.82, 2.24) is 9.97 Å². The van der Waals surface area contributed by atoms with Gasteiger partial charge in [-0.15, -0.1) is 29.1 Å². The summed E-state index contributed by atoms with van der Waals surface area (Å²) in [6.45, 7) is 5.75. The summed E-state index contributed by atoms with van der Waals surface area (Å²) in [5, 5.41) is 4.72. The zero-order chi connectivity index (χ0) is 30.8. The predicted octanol–water partition coefficient (Wildman–Crippen LogP) is 9.54. The van der Waals surface area contributed by atoms with Crippen molar-refractivity contribution in [2.24, 2.45) is 5.41 Å². The minimum Gasteiger partial charge on any atom is 0 e. The van der Waals surface area contributed by atoms with Crippen molar-refractivity contribution in [3.63, 3.8) is 0 Å². The minimum atomic E-state index is -1.72. The van der Waals surface area contributed by atoms with Crippen LogP contribution in [-0.4, -0.2) is 23.2 Å². The number of nitrogens with zero attached hydrogens (tertiary/aromatic N) is 2. The Bertz CT molecular complexity index is 1860. The van der Waals surface area contributed by atoms with Crippen molar-refractivity contribution in [1.29, 1.82) is 0 Å². The fourth-order valence-corrected chi connectivity index (χ4v) is 6.90. The fourth-order valence-electron chi connectivity index (χ4n) is 4.73. The predicted molar refractivity (Wildman–Crippen MR) is 178 cm³/mol. The van der Waals surface area contributed by atoms with Crippen LogP contribution in [0.15, 0.2) is 109 Å². The van der Waals surface area contributed by atoms with Gasteiger partial charge in [0.1, 0.15) is 0 Å². The summed E-state index contributed by atoms with van der Waals surface area (Å²) >= 11 is -1.72. The SMILES string of the molecule is [2H]C([2H])(c1ccnc(-c2[c-]cc3c(ccc4ccccc43)c2)c1)C(C)(C)C.[CH3][Ge]([CH3])([CH3])[c]1ccc(-c2[c-]cccc2)nc1.[Ir]. The van der Waals surface area contributed by atoms with Gasteiger partial charge >= 0.3 is 99.8 Å². The van der Waals surface area contributed by atoms with Crippen molar-refractivity contribution in [2.45, 2.75) is 44.4 Å². The second-order valence-electron chi connectivity index (χ2n) is 12.4. The molecule has 0 fully saturated rings. The van der Waals surface area contributed by atoms with Crippen LogP contribution in [0.25, 0.3) is 44.1 Å². The van der Waals surface area contributed by atoms with E-state index < -0.39 is 25.1 Å². The summed E-state index contributed by atoms with van der Waals surface area (Å²) in [5.74, 6) is 7.14. The van der Waals surface area contributed by atoms with E-state index in [9.17, 15) is 0 Å². The third-order valence-corrected chi connectivity index (χ3v) is 11.1. The third-order valence-electron chi connectivity index (χ3n) is 6.85. The summed E-state index contributed by atoms with van der Waals surface area (Å²) in [4.78, 5) is 9.01. The molecule has 0 aliphatic carbocycles. The number of aromatic nitrogens is 2. The summed E-state index contributed by atoms with van der Waals surface area (Å²) in [6, 6.07) is 39.1. The number of hydrogen-bond acceptors (Lipinski definition) is 2. The van der Waals surface area contributed by atoms with E-state index in [1.165, 1.54) is 15.2 Å². The molecule has 6 rings (SSSR count). The molecule has 4 heteroatoms. The molecule has 0 aliphatic heterocycles. The van der Waals surface area contributed by atoms with E-state index in [1.807, 2.05) is 69.4 Å². The molecule has 0 saturated heterocycles. The minimum absolute atomic E-state index is 0. The van der Waals surface area contributed by atoms with Gasteiger partial charge in [-0.2, -0.15) is 0 Å². The van der Waals surface area contributed by atoms with Crippen LogP contribution >= 0.6 is 0 Å². The molecular formula is C38H38GeIrN2-2. The largest absolute Gasteiger partial charge is 0 e. The smallest absolute Gasteiger partial charge is 0 e. The first kappa shape index (κ1) is 29.0.